The van der Waals surface area contributed by atoms with E-state index >= 15 is 0 Å². The van der Waals surface area contributed by atoms with Crippen molar-refractivity contribution in [1.82, 2.24) is 4.98 Å². The molecule has 1 unspecified atom stereocenters. The molecule has 0 aliphatic rings. The van der Waals surface area contributed by atoms with Crippen molar-refractivity contribution < 1.29 is 4.74 Å². The molecule has 0 radical (unpaired) electrons. The summed E-state index contributed by atoms with van der Waals surface area (Å²) in [5.41, 5.74) is 8.34. The van der Waals surface area contributed by atoms with E-state index in [1.54, 1.807) is 13.3 Å². The highest BCUT2D eigenvalue weighted by atomic mass is 16.5. The van der Waals surface area contributed by atoms with Crippen molar-refractivity contribution in [2.75, 3.05) is 7.11 Å². The summed E-state index contributed by atoms with van der Waals surface area (Å²) >= 11 is 0. The molecule has 2 rings (SSSR count). The van der Waals surface area contributed by atoms with E-state index in [9.17, 15) is 0 Å². The molecule has 2 aromatic rings. The van der Waals surface area contributed by atoms with Crippen LogP contribution in [-0.4, -0.2) is 12.1 Å². The highest BCUT2D eigenvalue weighted by molar-refractivity contribution is 5.30. The minimum atomic E-state index is -0.0963. The van der Waals surface area contributed by atoms with Crippen molar-refractivity contribution in [3.05, 3.63) is 59.8 Å². The quantitative estimate of drug-likeness (QED) is 0.873. The van der Waals surface area contributed by atoms with Gasteiger partial charge < -0.3 is 10.5 Å². The molecule has 3 heteroatoms. The highest BCUT2D eigenvalue weighted by Gasteiger charge is 2.12. The number of benzene rings is 1. The zero-order valence-corrected chi connectivity index (χ0v) is 9.84. The topological polar surface area (TPSA) is 48.1 Å². The fourth-order valence-corrected chi connectivity index (χ4v) is 1.83. The Hall–Kier alpha value is -1.87. The summed E-state index contributed by atoms with van der Waals surface area (Å²) in [6.45, 7) is 0. The van der Waals surface area contributed by atoms with Crippen LogP contribution >= 0.6 is 0 Å². The molecule has 0 amide bonds. The third-order valence-corrected chi connectivity index (χ3v) is 2.69. The first-order valence-corrected chi connectivity index (χ1v) is 5.59. The Morgan fingerprint density at radius 2 is 1.94 bits per heavy atom. The first-order chi connectivity index (χ1) is 8.31. The fourth-order valence-electron chi connectivity index (χ4n) is 1.83. The molecule has 0 spiro atoms. The van der Waals surface area contributed by atoms with Gasteiger partial charge in [0, 0.05) is 17.8 Å². The molecule has 0 saturated heterocycles. The van der Waals surface area contributed by atoms with Crippen molar-refractivity contribution in [2.45, 2.75) is 12.5 Å². The third kappa shape index (κ3) is 2.82. The van der Waals surface area contributed by atoms with Crippen LogP contribution in [0.4, 0.5) is 0 Å². The second-order valence-corrected chi connectivity index (χ2v) is 3.90. The molecule has 0 saturated carbocycles. The molecule has 1 aromatic heterocycles. The van der Waals surface area contributed by atoms with E-state index < -0.39 is 0 Å². The van der Waals surface area contributed by atoms with Crippen LogP contribution in [-0.2, 0) is 6.42 Å². The zero-order valence-electron chi connectivity index (χ0n) is 9.84. The molecule has 1 aromatic carbocycles. The maximum Gasteiger partial charge on any atom is 0.217 e. The van der Waals surface area contributed by atoms with Gasteiger partial charge in [0.2, 0.25) is 5.88 Å². The van der Waals surface area contributed by atoms with Gasteiger partial charge in [-0.3, -0.25) is 0 Å². The number of hydrogen-bond acceptors (Lipinski definition) is 3. The van der Waals surface area contributed by atoms with Gasteiger partial charge in [0.15, 0.2) is 0 Å². The molecule has 0 aliphatic heterocycles. The number of methoxy groups -OCH3 is 1. The van der Waals surface area contributed by atoms with Crippen molar-refractivity contribution in [3.63, 3.8) is 0 Å². The van der Waals surface area contributed by atoms with Gasteiger partial charge in [-0.05, 0) is 18.1 Å². The van der Waals surface area contributed by atoms with Gasteiger partial charge in [0.05, 0.1) is 7.11 Å². The minimum absolute atomic E-state index is 0.0963. The van der Waals surface area contributed by atoms with Gasteiger partial charge >= 0.3 is 0 Å². The van der Waals surface area contributed by atoms with Gasteiger partial charge in [-0.15, -0.1) is 0 Å². The molecule has 0 fully saturated rings. The monoisotopic (exact) mass is 228 g/mol. The summed E-state index contributed by atoms with van der Waals surface area (Å²) < 4.78 is 5.21. The van der Waals surface area contributed by atoms with E-state index in [0.29, 0.717) is 5.88 Å². The van der Waals surface area contributed by atoms with Crippen LogP contribution < -0.4 is 10.5 Å². The number of pyridine rings is 1. The van der Waals surface area contributed by atoms with Crippen LogP contribution in [0.2, 0.25) is 0 Å². The number of nitrogens with zero attached hydrogens (tertiary/aromatic N) is 1. The zero-order chi connectivity index (χ0) is 12.1. The fraction of sp³-hybridized carbons (Fsp3) is 0.214. The van der Waals surface area contributed by atoms with Crippen LogP contribution in [0.15, 0.2) is 48.7 Å². The second kappa shape index (κ2) is 5.46. The lowest BCUT2D eigenvalue weighted by Gasteiger charge is -2.14. The molecule has 0 aliphatic carbocycles. The Kier molecular flexibility index (Phi) is 3.73. The second-order valence-electron chi connectivity index (χ2n) is 3.90. The molecule has 0 bridgehead atoms. The van der Waals surface area contributed by atoms with E-state index in [-0.39, 0.29) is 6.04 Å². The minimum Gasteiger partial charge on any atom is -0.481 e. The van der Waals surface area contributed by atoms with Crippen LogP contribution in [0.25, 0.3) is 0 Å². The Morgan fingerprint density at radius 1 is 1.18 bits per heavy atom. The van der Waals surface area contributed by atoms with E-state index in [0.717, 1.165) is 12.0 Å². The van der Waals surface area contributed by atoms with E-state index in [4.69, 9.17) is 10.5 Å². The van der Waals surface area contributed by atoms with Gasteiger partial charge in [-0.1, -0.05) is 36.4 Å². The van der Waals surface area contributed by atoms with Crippen LogP contribution in [0, 0.1) is 0 Å². The number of rotatable bonds is 4. The molecular weight excluding hydrogens is 212 g/mol. The predicted molar refractivity (Wildman–Crippen MR) is 67.9 cm³/mol. The summed E-state index contributed by atoms with van der Waals surface area (Å²) in [6, 6.07) is 13.9. The van der Waals surface area contributed by atoms with Gasteiger partial charge in [0.25, 0.3) is 0 Å². The highest BCUT2D eigenvalue weighted by Crippen LogP contribution is 2.23. The number of hydrogen-bond donors (Lipinski definition) is 1. The molecular formula is C14H16N2O. The van der Waals surface area contributed by atoms with Crippen molar-refractivity contribution >= 4 is 0 Å². The first-order valence-electron chi connectivity index (χ1n) is 5.59. The van der Waals surface area contributed by atoms with Gasteiger partial charge in [0.1, 0.15) is 0 Å². The summed E-state index contributed by atoms with van der Waals surface area (Å²) in [6.07, 6.45) is 2.49. The molecule has 17 heavy (non-hydrogen) atoms. The lowest BCUT2D eigenvalue weighted by molar-refractivity contribution is 0.388. The first kappa shape index (κ1) is 11.6. The molecule has 1 heterocycles. The standard InChI is InChI=1S/C14H16N2O/c1-17-14-12(8-5-9-16-14)13(15)10-11-6-3-2-4-7-11/h2-9,13H,10,15H2,1H3. The summed E-state index contributed by atoms with van der Waals surface area (Å²) in [5, 5.41) is 0. The average Bonchev–Trinajstić information content (AvgIpc) is 2.40. The smallest absolute Gasteiger partial charge is 0.217 e. The summed E-state index contributed by atoms with van der Waals surface area (Å²) in [4.78, 5) is 4.16. The summed E-state index contributed by atoms with van der Waals surface area (Å²) in [5.74, 6) is 0.607. The molecule has 2 N–H and O–H groups in total. The molecule has 3 nitrogen and oxygen atoms in total. The van der Waals surface area contributed by atoms with Crippen LogP contribution in [0.5, 0.6) is 5.88 Å². The largest absolute Gasteiger partial charge is 0.481 e. The molecule has 88 valence electrons. The van der Waals surface area contributed by atoms with Crippen LogP contribution in [0.1, 0.15) is 17.2 Å². The van der Waals surface area contributed by atoms with E-state index in [1.807, 2.05) is 30.3 Å². The Labute approximate surface area is 101 Å². The van der Waals surface area contributed by atoms with Gasteiger partial charge in [-0.2, -0.15) is 0 Å². The third-order valence-electron chi connectivity index (χ3n) is 2.69. The number of ether oxygens (including phenoxy) is 1. The van der Waals surface area contributed by atoms with E-state index in [1.165, 1.54) is 5.56 Å². The SMILES string of the molecule is COc1ncccc1C(N)Cc1ccccc1. The average molecular weight is 228 g/mol. The lowest BCUT2D eigenvalue weighted by atomic mass is 10.0. The van der Waals surface area contributed by atoms with Crippen molar-refractivity contribution in [1.29, 1.82) is 0 Å². The van der Waals surface area contributed by atoms with Crippen molar-refractivity contribution in [3.8, 4) is 5.88 Å². The summed E-state index contributed by atoms with van der Waals surface area (Å²) in [7, 11) is 1.61. The van der Waals surface area contributed by atoms with Gasteiger partial charge in [-0.25, -0.2) is 4.98 Å². The van der Waals surface area contributed by atoms with Crippen molar-refractivity contribution in [2.24, 2.45) is 5.73 Å². The lowest BCUT2D eigenvalue weighted by Crippen LogP contribution is -2.14. The number of aromatic nitrogens is 1. The molecule has 1 atom stereocenters. The Bertz CT molecular complexity index is 471. The van der Waals surface area contributed by atoms with E-state index in [2.05, 4.69) is 17.1 Å². The van der Waals surface area contributed by atoms with Crippen LogP contribution in [0.3, 0.4) is 0 Å². The maximum atomic E-state index is 6.18. The predicted octanol–water partition coefficient (Wildman–Crippen LogP) is 2.33. The normalized spacial score (nSPS) is 12.1. The Morgan fingerprint density at radius 3 is 2.65 bits per heavy atom. The Balaban J connectivity index is 2.17. The number of nitrogens with two attached hydrogens (primary N) is 1. The maximum absolute atomic E-state index is 6.18.